The van der Waals surface area contributed by atoms with Gasteiger partial charge in [0.1, 0.15) is 5.82 Å². The van der Waals surface area contributed by atoms with Crippen LogP contribution in [-0.2, 0) is 4.74 Å². The second kappa shape index (κ2) is 8.84. The van der Waals surface area contributed by atoms with Crippen molar-refractivity contribution in [3.8, 4) is 0 Å². The molecule has 0 bridgehead atoms. The summed E-state index contributed by atoms with van der Waals surface area (Å²) in [7, 11) is 0. The van der Waals surface area contributed by atoms with Gasteiger partial charge in [-0.05, 0) is 44.2 Å². The van der Waals surface area contributed by atoms with E-state index in [2.05, 4.69) is 28.2 Å². The summed E-state index contributed by atoms with van der Waals surface area (Å²) in [5, 5.41) is 2.97. The number of hydrogen-bond acceptors (Lipinski definition) is 4. The largest absolute Gasteiger partial charge is 0.449 e. The molecule has 152 valence electrons. The third-order valence-corrected chi connectivity index (χ3v) is 6.02. The summed E-state index contributed by atoms with van der Waals surface area (Å²) in [5.74, 6) is 1.64. The molecule has 1 aliphatic heterocycles. The third-order valence-electron chi connectivity index (χ3n) is 6.02. The highest BCUT2D eigenvalue weighted by molar-refractivity contribution is 5.95. The fourth-order valence-corrected chi connectivity index (χ4v) is 4.41. The van der Waals surface area contributed by atoms with Gasteiger partial charge in [0.25, 0.3) is 0 Å². The van der Waals surface area contributed by atoms with E-state index in [1.54, 1.807) is 0 Å². The smallest absolute Gasteiger partial charge is 0.411 e. The van der Waals surface area contributed by atoms with Crippen LogP contribution in [0.25, 0.3) is 11.0 Å². The Morgan fingerprint density at radius 2 is 2.00 bits per heavy atom. The van der Waals surface area contributed by atoms with Crippen LogP contribution in [0.1, 0.15) is 76.5 Å². The van der Waals surface area contributed by atoms with Gasteiger partial charge in [0, 0.05) is 19.0 Å². The van der Waals surface area contributed by atoms with Gasteiger partial charge in [-0.1, -0.05) is 32.6 Å². The topological polar surface area (TPSA) is 70.2 Å². The van der Waals surface area contributed by atoms with Crippen LogP contribution >= 0.6 is 0 Å². The number of anilines is 2. The van der Waals surface area contributed by atoms with Gasteiger partial charge in [0.15, 0.2) is 0 Å². The Morgan fingerprint density at radius 3 is 2.75 bits per heavy atom. The summed E-state index contributed by atoms with van der Waals surface area (Å²) in [6.07, 6.45) is 10.2. The normalized spacial score (nSPS) is 18.0. The van der Waals surface area contributed by atoms with Gasteiger partial charge in [-0.2, -0.15) is 0 Å². The summed E-state index contributed by atoms with van der Waals surface area (Å²) in [5.41, 5.74) is 3.86. The molecular weight excluding hydrogens is 352 g/mol. The van der Waals surface area contributed by atoms with Crippen LogP contribution in [0.15, 0.2) is 12.1 Å². The van der Waals surface area contributed by atoms with Crippen molar-refractivity contribution >= 4 is 28.5 Å². The van der Waals surface area contributed by atoms with Crippen molar-refractivity contribution in [2.45, 2.75) is 70.6 Å². The van der Waals surface area contributed by atoms with Gasteiger partial charge in [-0.25, -0.2) is 9.78 Å². The van der Waals surface area contributed by atoms with Gasteiger partial charge in [0.2, 0.25) is 0 Å². The molecule has 2 aliphatic rings. The maximum atomic E-state index is 12.3. The maximum Gasteiger partial charge on any atom is 0.411 e. The minimum atomic E-state index is -0.378. The van der Waals surface area contributed by atoms with E-state index >= 15 is 0 Å². The molecule has 2 heterocycles. The van der Waals surface area contributed by atoms with Crippen molar-refractivity contribution in [1.82, 2.24) is 9.97 Å². The van der Waals surface area contributed by atoms with Gasteiger partial charge < -0.3 is 14.6 Å². The highest BCUT2D eigenvalue weighted by Crippen LogP contribution is 2.36. The zero-order chi connectivity index (χ0) is 19.3. The molecule has 4 rings (SSSR count). The lowest BCUT2D eigenvalue weighted by Gasteiger charge is -2.21. The van der Waals surface area contributed by atoms with Crippen LogP contribution in [0.3, 0.4) is 0 Å². The lowest BCUT2D eigenvalue weighted by molar-refractivity contribution is 0.160. The summed E-state index contributed by atoms with van der Waals surface area (Å²) < 4.78 is 5.32. The molecule has 1 aliphatic carbocycles. The van der Waals surface area contributed by atoms with Crippen molar-refractivity contribution < 1.29 is 9.53 Å². The molecule has 2 N–H and O–H groups in total. The SMILES string of the molecule is CCCCOC(=O)Nc1cc2nc(C3CCCCC3)[nH]c2cc1N1CCCC1. The first-order valence-electron chi connectivity index (χ1n) is 11.0. The molecule has 6 heteroatoms. The van der Waals surface area contributed by atoms with Crippen molar-refractivity contribution in [1.29, 1.82) is 0 Å². The van der Waals surface area contributed by atoms with Crippen LogP contribution in [0, 0.1) is 0 Å². The van der Waals surface area contributed by atoms with Crippen LogP contribution in [0.4, 0.5) is 16.2 Å². The van der Waals surface area contributed by atoms with E-state index in [9.17, 15) is 4.79 Å². The fraction of sp³-hybridized carbons (Fsp3) is 0.636. The standard InChI is InChI=1S/C22H32N4O2/c1-2-3-13-28-22(27)25-19-14-17-18(15-20(19)26-11-7-8-12-26)24-21(23-17)16-9-5-4-6-10-16/h14-16H,2-13H2,1H3,(H,23,24)(H,25,27). The zero-order valence-corrected chi connectivity index (χ0v) is 16.9. The molecule has 0 radical (unpaired) electrons. The number of rotatable bonds is 6. The molecule has 0 spiro atoms. The lowest BCUT2D eigenvalue weighted by atomic mass is 9.89. The average molecular weight is 385 g/mol. The number of hydrogen-bond donors (Lipinski definition) is 2. The Bertz CT molecular complexity index is 804. The van der Waals surface area contributed by atoms with E-state index < -0.39 is 0 Å². The molecule has 1 aromatic heterocycles. The monoisotopic (exact) mass is 384 g/mol. The summed E-state index contributed by atoms with van der Waals surface area (Å²) in [4.78, 5) is 23.1. The second-order valence-electron chi connectivity index (χ2n) is 8.15. The van der Waals surface area contributed by atoms with Crippen LogP contribution in [0.2, 0.25) is 0 Å². The predicted octanol–water partition coefficient (Wildman–Crippen LogP) is 5.56. The minimum Gasteiger partial charge on any atom is -0.449 e. The number of ether oxygens (including phenoxy) is 1. The van der Waals surface area contributed by atoms with Crippen molar-refractivity contribution in [2.24, 2.45) is 0 Å². The summed E-state index contributed by atoms with van der Waals surface area (Å²) in [6.45, 7) is 4.59. The van der Waals surface area contributed by atoms with E-state index in [1.165, 1.54) is 44.9 Å². The number of unbranched alkanes of at least 4 members (excludes halogenated alkanes) is 1. The number of nitrogens with zero attached hydrogens (tertiary/aromatic N) is 2. The van der Waals surface area contributed by atoms with Crippen LogP contribution < -0.4 is 10.2 Å². The quantitative estimate of drug-likeness (QED) is 0.640. The average Bonchev–Trinajstić information content (AvgIpc) is 3.38. The van der Waals surface area contributed by atoms with E-state index in [1.807, 2.05) is 6.07 Å². The van der Waals surface area contributed by atoms with E-state index in [0.29, 0.717) is 12.5 Å². The van der Waals surface area contributed by atoms with Crippen molar-refractivity contribution in [2.75, 3.05) is 29.9 Å². The number of nitrogens with one attached hydrogen (secondary N) is 2. The zero-order valence-electron chi connectivity index (χ0n) is 16.9. The van der Waals surface area contributed by atoms with Gasteiger partial charge in [0.05, 0.1) is 29.0 Å². The fourth-order valence-electron chi connectivity index (χ4n) is 4.41. The highest BCUT2D eigenvalue weighted by atomic mass is 16.5. The molecule has 0 atom stereocenters. The van der Waals surface area contributed by atoms with Crippen molar-refractivity contribution in [3.63, 3.8) is 0 Å². The Morgan fingerprint density at radius 1 is 1.21 bits per heavy atom. The molecule has 1 aromatic carbocycles. The van der Waals surface area contributed by atoms with Crippen LogP contribution in [-0.4, -0.2) is 35.8 Å². The number of benzene rings is 1. The van der Waals surface area contributed by atoms with E-state index in [4.69, 9.17) is 9.72 Å². The number of H-pyrrole nitrogens is 1. The van der Waals surface area contributed by atoms with Crippen molar-refractivity contribution in [3.05, 3.63) is 18.0 Å². The Balaban J connectivity index is 1.61. The number of amides is 1. The molecule has 1 saturated heterocycles. The third kappa shape index (κ3) is 4.26. The molecule has 1 amide bonds. The number of aromatic nitrogens is 2. The molecule has 0 unspecified atom stereocenters. The molecule has 1 saturated carbocycles. The predicted molar refractivity (Wildman–Crippen MR) is 113 cm³/mol. The Hall–Kier alpha value is -2.24. The van der Waals surface area contributed by atoms with Crippen LogP contribution in [0.5, 0.6) is 0 Å². The Labute approximate surface area is 167 Å². The first-order valence-corrected chi connectivity index (χ1v) is 11.0. The van der Waals surface area contributed by atoms with Gasteiger partial charge in [-0.15, -0.1) is 0 Å². The number of imidazole rings is 1. The minimum absolute atomic E-state index is 0.378. The summed E-state index contributed by atoms with van der Waals surface area (Å²) >= 11 is 0. The maximum absolute atomic E-state index is 12.3. The number of carbonyl (C=O) groups excluding carboxylic acids is 1. The second-order valence-corrected chi connectivity index (χ2v) is 8.15. The molecule has 2 aromatic rings. The van der Waals surface area contributed by atoms with Gasteiger partial charge >= 0.3 is 6.09 Å². The van der Waals surface area contributed by atoms with E-state index in [-0.39, 0.29) is 6.09 Å². The first-order chi connectivity index (χ1) is 13.7. The van der Waals surface area contributed by atoms with Gasteiger partial charge in [-0.3, -0.25) is 5.32 Å². The number of fused-ring (bicyclic) bond motifs is 1. The highest BCUT2D eigenvalue weighted by Gasteiger charge is 2.22. The molecule has 2 fully saturated rings. The lowest BCUT2D eigenvalue weighted by Crippen LogP contribution is -2.21. The first kappa shape index (κ1) is 19.1. The molecule has 28 heavy (non-hydrogen) atoms. The number of carbonyl (C=O) groups is 1. The number of aromatic amines is 1. The molecular formula is C22H32N4O2. The molecule has 6 nitrogen and oxygen atoms in total. The Kier molecular flexibility index (Phi) is 6.03. The van der Waals surface area contributed by atoms with E-state index in [0.717, 1.165) is 54.2 Å². The summed E-state index contributed by atoms with van der Waals surface area (Å²) in [6, 6.07) is 4.16.